The summed E-state index contributed by atoms with van der Waals surface area (Å²) in [5.41, 5.74) is 1.93. The first kappa shape index (κ1) is 9.89. The van der Waals surface area contributed by atoms with E-state index >= 15 is 0 Å². The van der Waals surface area contributed by atoms with Gasteiger partial charge in [0.05, 0.1) is 11.9 Å². The molecule has 0 N–H and O–H groups in total. The van der Waals surface area contributed by atoms with Crippen molar-refractivity contribution in [1.82, 2.24) is 19.7 Å². The minimum absolute atomic E-state index is 0.295. The van der Waals surface area contributed by atoms with Gasteiger partial charge < -0.3 is 0 Å². The topological polar surface area (TPSA) is 43.6 Å². The summed E-state index contributed by atoms with van der Waals surface area (Å²) < 4.78 is 15.4. The monoisotopic (exact) mass is 228 g/mol. The molecular weight excluding hydrogens is 219 g/mol. The van der Waals surface area contributed by atoms with Crippen molar-refractivity contribution >= 4 is 10.9 Å². The van der Waals surface area contributed by atoms with Crippen LogP contribution in [-0.4, -0.2) is 19.7 Å². The van der Waals surface area contributed by atoms with E-state index in [0.29, 0.717) is 11.2 Å². The number of aromatic nitrogens is 4. The predicted molar refractivity (Wildman–Crippen MR) is 61.7 cm³/mol. The number of fused-ring (bicyclic) bond motifs is 1. The van der Waals surface area contributed by atoms with E-state index in [1.807, 2.05) is 6.07 Å². The molecule has 0 spiro atoms. The molecule has 2 aromatic heterocycles. The lowest BCUT2D eigenvalue weighted by atomic mass is 10.1. The van der Waals surface area contributed by atoms with Gasteiger partial charge in [0.15, 0.2) is 0 Å². The van der Waals surface area contributed by atoms with Crippen LogP contribution in [0.2, 0.25) is 0 Å². The number of hydrogen-bond acceptors (Lipinski definition) is 3. The molecule has 5 heteroatoms. The lowest BCUT2D eigenvalue weighted by Crippen LogP contribution is -1.93. The van der Waals surface area contributed by atoms with E-state index in [1.54, 1.807) is 25.5 Å². The van der Waals surface area contributed by atoms with Crippen molar-refractivity contribution in [2.24, 2.45) is 7.05 Å². The average Bonchev–Trinajstić information content (AvgIpc) is 2.73. The van der Waals surface area contributed by atoms with Crippen LogP contribution in [0.1, 0.15) is 0 Å². The fraction of sp³-hybridized carbons (Fsp3) is 0.0833. The first-order valence-corrected chi connectivity index (χ1v) is 5.13. The molecule has 0 bridgehead atoms. The van der Waals surface area contributed by atoms with Crippen molar-refractivity contribution in [1.29, 1.82) is 0 Å². The van der Waals surface area contributed by atoms with Gasteiger partial charge in [0.25, 0.3) is 0 Å². The van der Waals surface area contributed by atoms with E-state index in [4.69, 9.17) is 0 Å². The van der Waals surface area contributed by atoms with E-state index in [1.165, 1.54) is 17.1 Å². The second-order valence-corrected chi connectivity index (χ2v) is 3.76. The molecule has 0 unspecified atom stereocenters. The van der Waals surface area contributed by atoms with Crippen LogP contribution in [-0.2, 0) is 7.05 Å². The lowest BCUT2D eigenvalue weighted by Gasteiger charge is -2.02. The Labute approximate surface area is 96.7 Å². The molecule has 0 aliphatic heterocycles. The van der Waals surface area contributed by atoms with E-state index in [-0.39, 0.29) is 5.82 Å². The Morgan fingerprint density at radius 2 is 2.18 bits per heavy atom. The summed E-state index contributed by atoms with van der Waals surface area (Å²) in [5.74, 6) is -0.295. The highest BCUT2D eigenvalue weighted by molar-refractivity contribution is 5.84. The molecule has 0 radical (unpaired) electrons. The molecule has 0 aliphatic rings. The van der Waals surface area contributed by atoms with Gasteiger partial charge in [-0.3, -0.25) is 4.68 Å². The fourth-order valence-electron chi connectivity index (χ4n) is 1.88. The third-order valence-corrected chi connectivity index (χ3v) is 2.66. The Kier molecular flexibility index (Phi) is 2.11. The van der Waals surface area contributed by atoms with Gasteiger partial charge in [0.1, 0.15) is 17.7 Å². The Bertz CT molecular complexity index is 676. The highest BCUT2D eigenvalue weighted by Crippen LogP contribution is 2.24. The summed E-state index contributed by atoms with van der Waals surface area (Å²) in [6, 6.07) is 5.08. The zero-order valence-corrected chi connectivity index (χ0v) is 9.13. The molecule has 0 aliphatic carbocycles. The smallest absolute Gasteiger partial charge is 0.149 e. The Balaban J connectivity index is 2.26. The number of nitrogens with zero attached hydrogens (tertiary/aromatic N) is 4. The van der Waals surface area contributed by atoms with Gasteiger partial charge in [-0.25, -0.2) is 14.4 Å². The van der Waals surface area contributed by atoms with Crippen LogP contribution in [0.15, 0.2) is 36.9 Å². The highest BCUT2D eigenvalue weighted by Gasteiger charge is 2.09. The molecule has 4 nitrogen and oxygen atoms in total. The molecule has 0 atom stereocenters. The van der Waals surface area contributed by atoms with Gasteiger partial charge in [-0.2, -0.15) is 5.10 Å². The predicted octanol–water partition coefficient (Wildman–Crippen LogP) is 2.17. The summed E-state index contributed by atoms with van der Waals surface area (Å²) in [6.45, 7) is 0. The number of hydrogen-bond donors (Lipinski definition) is 0. The fourth-order valence-corrected chi connectivity index (χ4v) is 1.88. The lowest BCUT2D eigenvalue weighted by molar-refractivity contribution is 0.626. The van der Waals surface area contributed by atoms with Gasteiger partial charge in [0.2, 0.25) is 0 Å². The molecule has 0 fully saturated rings. The average molecular weight is 228 g/mol. The second kappa shape index (κ2) is 3.62. The van der Waals surface area contributed by atoms with Crippen LogP contribution in [0.3, 0.4) is 0 Å². The minimum Gasteiger partial charge on any atom is -0.265 e. The van der Waals surface area contributed by atoms with Gasteiger partial charge in [-0.15, -0.1) is 0 Å². The first-order valence-electron chi connectivity index (χ1n) is 5.13. The number of benzene rings is 1. The van der Waals surface area contributed by atoms with Gasteiger partial charge in [-0.05, 0) is 18.2 Å². The maximum Gasteiger partial charge on any atom is 0.149 e. The maximum absolute atomic E-state index is 13.9. The van der Waals surface area contributed by atoms with Crippen molar-refractivity contribution in [3.05, 3.63) is 42.7 Å². The Morgan fingerprint density at radius 3 is 2.94 bits per heavy atom. The normalized spacial score (nSPS) is 10.9. The van der Waals surface area contributed by atoms with Crippen molar-refractivity contribution in [2.75, 3.05) is 0 Å². The second-order valence-electron chi connectivity index (χ2n) is 3.76. The van der Waals surface area contributed by atoms with Crippen molar-refractivity contribution in [2.45, 2.75) is 0 Å². The molecular formula is C12H9FN4. The molecule has 0 saturated heterocycles. The third-order valence-electron chi connectivity index (χ3n) is 2.66. The van der Waals surface area contributed by atoms with Crippen molar-refractivity contribution in [3.8, 4) is 11.3 Å². The largest absolute Gasteiger partial charge is 0.265 e. The molecule has 0 saturated carbocycles. The van der Waals surface area contributed by atoms with Crippen molar-refractivity contribution < 1.29 is 4.39 Å². The van der Waals surface area contributed by atoms with Gasteiger partial charge in [-0.1, -0.05) is 0 Å². The van der Waals surface area contributed by atoms with Crippen LogP contribution in [0.25, 0.3) is 22.2 Å². The molecule has 1 aromatic carbocycles. The van der Waals surface area contributed by atoms with Crippen LogP contribution in [0.5, 0.6) is 0 Å². The van der Waals surface area contributed by atoms with Gasteiger partial charge >= 0.3 is 0 Å². The number of rotatable bonds is 1. The number of halogens is 1. The Morgan fingerprint density at radius 1 is 1.29 bits per heavy atom. The summed E-state index contributed by atoms with van der Waals surface area (Å²) in [4.78, 5) is 7.94. The first-order chi connectivity index (χ1) is 8.25. The van der Waals surface area contributed by atoms with Crippen LogP contribution < -0.4 is 0 Å². The van der Waals surface area contributed by atoms with Gasteiger partial charge in [0, 0.05) is 24.2 Å². The standard InChI is InChI=1S/C12H9FN4/c1-17-12-9(6-16-17)4-8(5-10(12)13)11-2-3-14-7-15-11/h2-7H,1H3. The zero-order valence-electron chi connectivity index (χ0n) is 9.13. The quantitative estimate of drug-likeness (QED) is 0.641. The third kappa shape index (κ3) is 1.56. The van der Waals surface area contributed by atoms with E-state index < -0.39 is 0 Å². The maximum atomic E-state index is 13.9. The molecule has 84 valence electrons. The molecule has 3 aromatic rings. The van der Waals surface area contributed by atoms with Crippen LogP contribution in [0, 0.1) is 5.82 Å². The number of aryl methyl sites for hydroxylation is 1. The summed E-state index contributed by atoms with van der Waals surface area (Å²) in [7, 11) is 1.72. The summed E-state index contributed by atoms with van der Waals surface area (Å²) >= 11 is 0. The summed E-state index contributed by atoms with van der Waals surface area (Å²) in [6.07, 6.45) is 4.72. The zero-order chi connectivity index (χ0) is 11.8. The van der Waals surface area contributed by atoms with E-state index in [0.717, 1.165) is 10.9 Å². The van der Waals surface area contributed by atoms with Crippen LogP contribution in [0.4, 0.5) is 4.39 Å². The molecule has 17 heavy (non-hydrogen) atoms. The van der Waals surface area contributed by atoms with E-state index in [9.17, 15) is 4.39 Å². The van der Waals surface area contributed by atoms with E-state index in [2.05, 4.69) is 15.1 Å². The Hall–Kier alpha value is -2.30. The molecule has 2 heterocycles. The molecule has 3 rings (SSSR count). The van der Waals surface area contributed by atoms with Crippen LogP contribution >= 0.6 is 0 Å². The minimum atomic E-state index is -0.295. The van der Waals surface area contributed by atoms with Crippen molar-refractivity contribution in [3.63, 3.8) is 0 Å². The summed E-state index contributed by atoms with van der Waals surface area (Å²) in [5, 5.41) is 4.80. The molecule has 0 amide bonds. The SMILES string of the molecule is Cn1ncc2cc(-c3ccncn3)cc(F)c21. The highest BCUT2D eigenvalue weighted by atomic mass is 19.1.